The minimum absolute atomic E-state index is 0.119. The summed E-state index contributed by atoms with van der Waals surface area (Å²) >= 11 is 5.91. The van der Waals surface area contributed by atoms with Crippen LogP contribution in [-0.4, -0.2) is 5.97 Å². The van der Waals surface area contributed by atoms with Gasteiger partial charge in [0.2, 0.25) is 0 Å². The Hall–Kier alpha value is -2.78. The van der Waals surface area contributed by atoms with E-state index in [2.05, 4.69) is 32.9 Å². The zero-order chi connectivity index (χ0) is 20.1. The lowest BCUT2D eigenvalue weighted by Crippen LogP contribution is -2.10. The van der Waals surface area contributed by atoms with Crippen LogP contribution in [0.1, 0.15) is 42.3 Å². The van der Waals surface area contributed by atoms with Gasteiger partial charge < -0.3 is 9.47 Å². The summed E-state index contributed by atoms with van der Waals surface area (Å²) in [5, 5.41) is 0.522. The van der Waals surface area contributed by atoms with Crippen LogP contribution in [-0.2, 0) is 12.0 Å². The SMILES string of the molecule is CC(C)(C)c1ccc(OCc2ccc(C(=O)Oc3cccc(Cl)c3)cc2)cc1. The van der Waals surface area contributed by atoms with Crippen molar-refractivity contribution in [2.45, 2.75) is 32.8 Å². The van der Waals surface area contributed by atoms with Crippen LogP contribution in [0.15, 0.2) is 72.8 Å². The van der Waals surface area contributed by atoms with Crippen molar-refractivity contribution in [3.05, 3.63) is 94.5 Å². The van der Waals surface area contributed by atoms with Crippen LogP contribution in [0, 0.1) is 0 Å². The fourth-order valence-corrected chi connectivity index (χ4v) is 2.83. The molecule has 0 aromatic heterocycles. The molecule has 0 spiro atoms. The number of carbonyl (C=O) groups is 1. The molecule has 0 aliphatic heterocycles. The standard InChI is InChI=1S/C24H23ClO3/c1-24(2,3)19-11-13-21(14-12-19)27-16-17-7-9-18(10-8-17)23(26)28-22-6-4-5-20(25)15-22/h4-15H,16H2,1-3H3. The second-order valence-electron chi connectivity index (χ2n) is 7.61. The van der Waals surface area contributed by atoms with E-state index >= 15 is 0 Å². The van der Waals surface area contributed by atoms with Crippen LogP contribution in [0.3, 0.4) is 0 Å². The Kier molecular flexibility index (Phi) is 6.05. The van der Waals surface area contributed by atoms with Crippen molar-refractivity contribution in [2.24, 2.45) is 0 Å². The molecule has 0 radical (unpaired) electrons. The third-order valence-corrected chi connectivity index (χ3v) is 4.56. The molecule has 0 unspecified atom stereocenters. The predicted molar refractivity (Wildman–Crippen MR) is 112 cm³/mol. The van der Waals surface area contributed by atoms with Crippen LogP contribution in [0.2, 0.25) is 5.02 Å². The maximum absolute atomic E-state index is 12.2. The Morgan fingerprint density at radius 2 is 1.57 bits per heavy atom. The molecule has 0 saturated heterocycles. The predicted octanol–water partition coefficient (Wildman–Crippen LogP) is 6.44. The minimum atomic E-state index is -0.424. The lowest BCUT2D eigenvalue weighted by molar-refractivity contribution is 0.0734. The molecule has 0 bridgehead atoms. The fraction of sp³-hybridized carbons (Fsp3) is 0.208. The first-order chi connectivity index (χ1) is 13.3. The molecule has 0 aliphatic rings. The molecule has 3 aromatic rings. The van der Waals surface area contributed by atoms with Crippen molar-refractivity contribution in [1.82, 2.24) is 0 Å². The van der Waals surface area contributed by atoms with Gasteiger partial charge in [-0.05, 0) is 59.0 Å². The lowest BCUT2D eigenvalue weighted by atomic mass is 9.87. The van der Waals surface area contributed by atoms with E-state index in [0.717, 1.165) is 11.3 Å². The van der Waals surface area contributed by atoms with Crippen molar-refractivity contribution >= 4 is 17.6 Å². The molecule has 0 saturated carbocycles. The van der Waals surface area contributed by atoms with Crippen molar-refractivity contribution in [3.63, 3.8) is 0 Å². The van der Waals surface area contributed by atoms with E-state index in [-0.39, 0.29) is 5.41 Å². The Morgan fingerprint density at radius 1 is 0.893 bits per heavy atom. The van der Waals surface area contributed by atoms with Crippen molar-refractivity contribution in [2.75, 3.05) is 0 Å². The molecule has 0 fully saturated rings. The quantitative estimate of drug-likeness (QED) is 0.369. The van der Waals surface area contributed by atoms with Gasteiger partial charge in [-0.25, -0.2) is 4.79 Å². The Balaban J connectivity index is 1.57. The van der Waals surface area contributed by atoms with Gasteiger partial charge in [0.1, 0.15) is 18.1 Å². The number of carbonyl (C=O) groups excluding carboxylic acids is 1. The summed E-state index contributed by atoms with van der Waals surface area (Å²) in [6.07, 6.45) is 0. The number of benzene rings is 3. The molecule has 0 amide bonds. The van der Waals surface area contributed by atoms with E-state index in [1.807, 2.05) is 24.3 Å². The average molecular weight is 395 g/mol. The molecule has 3 nitrogen and oxygen atoms in total. The highest BCUT2D eigenvalue weighted by Gasteiger charge is 2.13. The van der Waals surface area contributed by atoms with Gasteiger partial charge >= 0.3 is 5.97 Å². The van der Waals surface area contributed by atoms with E-state index in [0.29, 0.717) is 22.9 Å². The molecule has 0 aliphatic carbocycles. The van der Waals surface area contributed by atoms with Gasteiger partial charge in [0, 0.05) is 5.02 Å². The van der Waals surface area contributed by atoms with Crippen LogP contribution in [0.4, 0.5) is 0 Å². The van der Waals surface area contributed by atoms with E-state index < -0.39 is 5.97 Å². The third kappa shape index (κ3) is 5.37. The smallest absolute Gasteiger partial charge is 0.343 e. The fourth-order valence-electron chi connectivity index (χ4n) is 2.65. The van der Waals surface area contributed by atoms with Crippen molar-refractivity contribution in [1.29, 1.82) is 0 Å². The van der Waals surface area contributed by atoms with E-state index in [4.69, 9.17) is 21.1 Å². The summed E-state index contributed by atoms with van der Waals surface area (Å²) in [4.78, 5) is 12.2. The van der Waals surface area contributed by atoms with Crippen LogP contribution in [0.25, 0.3) is 0 Å². The monoisotopic (exact) mass is 394 g/mol. The summed E-state index contributed by atoms with van der Waals surface area (Å²) in [7, 11) is 0. The third-order valence-electron chi connectivity index (χ3n) is 4.32. The molecule has 0 N–H and O–H groups in total. The van der Waals surface area contributed by atoms with Gasteiger partial charge in [-0.2, -0.15) is 0 Å². The number of ether oxygens (including phenoxy) is 2. The van der Waals surface area contributed by atoms with Gasteiger partial charge in [0.05, 0.1) is 5.56 Å². The van der Waals surface area contributed by atoms with Gasteiger partial charge in [-0.15, -0.1) is 0 Å². The number of hydrogen-bond donors (Lipinski definition) is 0. The molecule has 0 heterocycles. The van der Waals surface area contributed by atoms with Crippen molar-refractivity contribution < 1.29 is 14.3 Å². The summed E-state index contributed by atoms with van der Waals surface area (Å²) in [5.41, 5.74) is 2.83. The summed E-state index contributed by atoms with van der Waals surface area (Å²) in [6.45, 7) is 6.98. The Morgan fingerprint density at radius 3 is 2.18 bits per heavy atom. The Labute approximate surface area is 170 Å². The molecule has 3 aromatic carbocycles. The zero-order valence-electron chi connectivity index (χ0n) is 16.2. The summed E-state index contributed by atoms with van der Waals surface area (Å²) in [5.74, 6) is 0.813. The average Bonchev–Trinajstić information content (AvgIpc) is 2.66. The normalized spacial score (nSPS) is 11.1. The van der Waals surface area contributed by atoms with Crippen LogP contribution < -0.4 is 9.47 Å². The van der Waals surface area contributed by atoms with E-state index in [1.54, 1.807) is 36.4 Å². The highest BCUT2D eigenvalue weighted by molar-refractivity contribution is 6.30. The maximum atomic E-state index is 12.2. The van der Waals surface area contributed by atoms with Gasteiger partial charge in [0.25, 0.3) is 0 Å². The molecule has 4 heteroatoms. The molecule has 144 valence electrons. The zero-order valence-corrected chi connectivity index (χ0v) is 17.0. The number of hydrogen-bond acceptors (Lipinski definition) is 3. The van der Waals surface area contributed by atoms with E-state index in [9.17, 15) is 4.79 Å². The Bertz CT molecular complexity index is 939. The topological polar surface area (TPSA) is 35.5 Å². The highest BCUT2D eigenvalue weighted by Crippen LogP contribution is 2.24. The first-order valence-corrected chi connectivity index (χ1v) is 9.49. The van der Waals surface area contributed by atoms with Gasteiger partial charge in [0.15, 0.2) is 0 Å². The molecule has 28 heavy (non-hydrogen) atoms. The van der Waals surface area contributed by atoms with Crippen molar-refractivity contribution in [3.8, 4) is 11.5 Å². The lowest BCUT2D eigenvalue weighted by Gasteiger charge is -2.19. The molecular weight excluding hydrogens is 372 g/mol. The van der Waals surface area contributed by atoms with Gasteiger partial charge in [-0.3, -0.25) is 0 Å². The second kappa shape index (κ2) is 8.49. The first-order valence-electron chi connectivity index (χ1n) is 9.11. The number of halogens is 1. The van der Waals surface area contributed by atoms with Gasteiger partial charge in [-0.1, -0.05) is 62.7 Å². The summed E-state index contributed by atoms with van der Waals surface area (Å²) in [6, 6.07) is 22.1. The highest BCUT2D eigenvalue weighted by atomic mass is 35.5. The number of rotatable bonds is 5. The van der Waals surface area contributed by atoms with Crippen LogP contribution >= 0.6 is 11.6 Å². The minimum Gasteiger partial charge on any atom is -0.489 e. The molecular formula is C24H23ClO3. The molecule has 0 atom stereocenters. The first kappa shape index (κ1) is 20.0. The molecule has 3 rings (SSSR count). The number of esters is 1. The summed E-state index contributed by atoms with van der Waals surface area (Å²) < 4.78 is 11.2. The maximum Gasteiger partial charge on any atom is 0.343 e. The second-order valence-corrected chi connectivity index (χ2v) is 8.04. The van der Waals surface area contributed by atoms with E-state index in [1.165, 1.54) is 5.56 Å². The largest absolute Gasteiger partial charge is 0.489 e. The van der Waals surface area contributed by atoms with Crippen LogP contribution in [0.5, 0.6) is 11.5 Å².